The fourth-order valence-electron chi connectivity index (χ4n) is 2.63. The fourth-order valence-corrected chi connectivity index (χ4v) is 2.63. The number of benzene rings is 1. The summed E-state index contributed by atoms with van der Waals surface area (Å²) in [6.45, 7) is 3.37. The van der Waals surface area contributed by atoms with Gasteiger partial charge in [-0.15, -0.1) is 0 Å². The van der Waals surface area contributed by atoms with Crippen molar-refractivity contribution in [3.05, 3.63) is 29.8 Å². The molecule has 1 aromatic carbocycles. The Labute approximate surface area is 135 Å². The molecule has 0 bridgehead atoms. The second-order valence-corrected chi connectivity index (χ2v) is 5.57. The average Bonchev–Trinajstić information content (AvgIpc) is 2.90. The lowest BCUT2D eigenvalue weighted by Gasteiger charge is -2.25. The number of hydrogen-bond donors (Lipinski definition) is 3. The molecule has 0 radical (unpaired) electrons. The van der Waals surface area contributed by atoms with E-state index in [-0.39, 0.29) is 11.8 Å². The maximum Gasteiger partial charge on any atom is 0.215 e. The summed E-state index contributed by atoms with van der Waals surface area (Å²) in [5, 5.41) is 19.3. The summed E-state index contributed by atoms with van der Waals surface area (Å²) in [6, 6.07) is 7.28. The van der Waals surface area contributed by atoms with E-state index in [9.17, 15) is 10.2 Å². The van der Waals surface area contributed by atoms with Gasteiger partial charge in [0.2, 0.25) is 5.88 Å². The number of aliphatic imine (C=N–C) groups is 1. The Hall–Kier alpha value is -2.63. The zero-order valence-corrected chi connectivity index (χ0v) is 13.1. The summed E-state index contributed by atoms with van der Waals surface area (Å²) in [5.74, 6) is 0.652. The van der Waals surface area contributed by atoms with Crippen molar-refractivity contribution in [1.29, 1.82) is 0 Å². The minimum Gasteiger partial charge on any atom is -0.494 e. The van der Waals surface area contributed by atoms with E-state index in [2.05, 4.69) is 16.9 Å². The molecule has 0 amide bonds. The third kappa shape index (κ3) is 3.26. The number of aromatic nitrogens is 1. The van der Waals surface area contributed by atoms with Gasteiger partial charge in [-0.2, -0.15) is 0 Å². The molecule has 0 saturated carbocycles. The first kappa shape index (κ1) is 15.3. The van der Waals surface area contributed by atoms with Crippen molar-refractivity contribution < 1.29 is 14.9 Å². The largest absolute Gasteiger partial charge is 0.494 e. The van der Waals surface area contributed by atoms with Gasteiger partial charge in [0.1, 0.15) is 11.4 Å². The summed E-state index contributed by atoms with van der Waals surface area (Å²) in [4.78, 5) is 8.66. The minimum absolute atomic E-state index is 0.0826. The maximum atomic E-state index is 9.85. The third-order valence-electron chi connectivity index (χ3n) is 3.85. The van der Waals surface area contributed by atoms with E-state index in [1.54, 1.807) is 11.2 Å². The standard InChI is InChI=1S/C17H21N3O3/c1-2-3-4-8-23-15-7-5-6-13-12(15)10-20(11-18-13)14-9-16(21)19-17(14)22/h5-7,9,11,19,21-22H,2-4,8,10H2,1H3. The van der Waals surface area contributed by atoms with Crippen LogP contribution in [-0.2, 0) is 6.54 Å². The lowest BCUT2D eigenvalue weighted by atomic mass is 10.1. The van der Waals surface area contributed by atoms with Crippen molar-refractivity contribution in [1.82, 2.24) is 4.98 Å². The van der Waals surface area contributed by atoms with E-state index in [0.717, 1.165) is 36.3 Å². The Balaban J connectivity index is 1.80. The van der Waals surface area contributed by atoms with Crippen LogP contribution in [0.15, 0.2) is 29.3 Å². The molecule has 1 aliphatic rings. The van der Waals surface area contributed by atoms with E-state index >= 15 is 0 Å². The Morgan fingerprint density at radius 1 is 1.30 bits per heavy atom. The number of fused-ring (bicyclic) bond motifs is 1. The molecule has 1 aliphatic heterocycles. The SMILES string of the molecule is CCCCCOc1cccc2c1CN(c1cc(O)[nH]c1O)C=N2. The molecule has 0 spiro atoms. The van der Waals surface area contributed by atoms with Crippen LogP contribution in [0.25, 0.3) is 0 Å². The highest BCUT2D eigenvalue weighted by Gasteiger charge is 2.21. The molecular weight excluding hydrogens is 294 g/mol. The molecular formula is C17H21N3O3. The monoisotopic (exact) mass is 315 g/mol. The number of nitrogens with one attached hydrogen (secondary N) is 1. The van der Waals surface area contributed by atoms with Gasteiger partial charge in [0.25, 0.3) is 0 Å². The first-order valence-corrected chi connectivity index (χ1v) is 7.85. The molecule has 0 aliphatic carbocycles. The number of rotatable bonds is 6. The van der Waals surface area contributed by atoms with Crippen LogP contribution in [0.5, 0.6) is 17.5 Å². The van der Waals surface area contributed by atoms with E-state index in [1.165, 1.54) is 6.07 Å². The van der Waals surface area contributed by atoms with Crippen LogP contribution >= 0.6 is 0 Å². The maximum absolute atomic E-state index is 9.85. The van der Waals surface area contributed by atoms with Gasteiger partial charge in [0, 0.05) is 11.6 Å². The highest BCUT2D eigenvalue weighted by atomic mass is 16.5. The lowest BCUT2D eigenvalue weighted by molar-refractivity contribution is 0.303. The molecule has 2 aromatic rings. The predicted molar refractivity (Wildman–Crippen MR) is 89.9 cm³/mol. The van der Waals surface area contributed by atoms with E-state index in [4.69, 9.17) is 4.74 Å². The van der Waals surface area contributed by atoms with Crippen molar-refractivity contribution in [2.24, 2.45) is 4.99 Å². The molecule has 0 saturated heterocycles. The summed E-state index contributed by atoms with van der Waals surface area (Å²) in [7, 11) is 0. The van der Waals surface area contributed by atoms with Crippen LogP contribution in [0.4, 0.5) is 11.4 Å². The molecule has 6 nitrogen and oxygen atoms in total. The average molecular weight is 315 g/mol. The minimum atomic E-state index is -0.0845. The summed E-state index contributed by atoms with van der Waals surface area (Å²) >= 11 is 0. The van der Waals surface area contributed by atoms with Gasteiger partial charge in [-0.05, 0) is 18.6 Å². The van der Waals surface area contributed by atoms with Crippen LogP contribution < -0.4 is 9.64 Å². The number of ether oxygens (including phenoxy) is 1. The van der Waals surface area contributed by atoms with Crippen molar-refractivity contribution >= 4 is 17.7 Å². The van der Waals surface area contributed by atoms with Gasteiger partial charge in [0.05, 0.1) is 25.2 Å². The zero-order chi connectivity index (χ0) is 16.2. The topological polar surface area (TPSA) is 81.1 Å². The molecule has 0 unspecified atom stereocenters. The lowest BCUT2D eigenvalue weighted by Crippen LogP contribution is -2.23. The molecule has 122 valence electrons. The molecule has 0 atom stereocenters. The quantitative estimate of drug-likeness (QED) is 0.710. The van der Waals surface area contributed by atoms with Crippen molar-refractivity contribution in [3.8, 4) is 17.5 Å². The summed E-state index contributed by atoms with van der Waals surface area (Å²) in [5.41, 5.74) is 2.33. The van der Waals surface area contributed by atoms with Gasteiger partial charge in [0.15, 0.2) is 5.88 Å². The number of unbranched alkanes of at least 4 members (excludes halogenated alkanes) is 2. The Bertz CT molecular complexity index is 709. The van der Waals surface area contributed by atoms with E-state index in [0.29, 0.717) is 18.8 Å². The molecule has 3 rings (SSSR count). The normalized spacial score (nSPS) is 13.2. The predicted octanol–water partition coefficient (Wildman–Crippen LogP) is 3.67. The number of nitrogens with zero attached hydrogens (tertiary/aromatic N) is 2. The van der Waals surface area contributed by atoms with Gasteiger partial charge in [-0.3, -0.25) is 4.98 Å². The second kappa shape index (κ2) is 6.64. The van der Waals surface area contributed by atoms with Crippen LogP contribution in [0.3, 0.4) is 0 Å². The number of aromatic amines is 1. The zero-order valence-electron chi connectivity index (χ0n) is 13.1. The smallest absolute Gasteiger partial charge is 0.215 e. The first-order chi connectivity index (χ1) is 11.2. The van der Waals surface area contributed by atoms with Gasteiger partial charge in [-0.25, -0.2) is 4.99 Å². The number of hydrogen-bond acceptors (Lipinski definition) is 5. The highest BCUT2D eigenvalue weighted by Crippen LogP contribution is 2.37. The molecule has 0 fully saturated rings. The number of H-pyrrole nitrogens is 1. The summed E-state index contributed by atoms with van der Waals surface area (Å²) in [6.07, 6.45) is 4.98. The van der Waals surface area contributed by atoms with E-state index in [1.807, 2.05) is 18.2 Å². The molecule has 2 heterocycles. The van der Waals surface area contributed by atoms with Crippen LogP contribution in [0.1, 0.15) is 31.7 Å². The Morgan fingerprint density at radius 3 is 2.91 bits per heavy atom. The molecule has 6 heteroatoms. The summed E-state index contributed by atoms with van der Waals surface area (Å²) < 4.78 is 5.91. The molecule has 3 N–H and O–H groups in total. The number of anilines is 1. The molecule has 1 aromatic heterocycles. The number of aromatic hydroxyl groups is 2. The van der Waals surface area contributed by atoms with Gasteiger partial charge < -0.3 is 19.8 Å². The van der Waals surface area contributed by atoms with Crippen LogP contribution in [0, 0.1) is 0 Å². The van der Waals surface area contributed by atoms with Gasteiger partial charge >= 0.3 is 0 Å². The highest BCUT2D eigenvalue weighted by molar-refractivity contribution is 5.87. The van der Waals surface area contributed by atoms with E-state index < -0.39 is 0 Å². The Morgan fingerprint density at radius 2 is 2.17 bits per heavy atom. The molecule has 23 heavy (non-hydrogen) atoms. The second-order valence-electron chi connectivity index (χ2n) is 5.57. The van der Waals surface area contributed by atoms with Crippen molar-refractivity contribution in [3.63, 3.8) is 0 Å². The van der Waals surface area contributed by atoms with Gasteiger partial charge in [-0.1, -0.05) is 25.8 Å². The van der Waals surface area contributed by atoms with Crippen LogP contribution in [-0.4, -0.2) is 28.1 Å². The van der Waals surface area contributed by atoms with Crippen molar-refractivity contribution in [2.75, 3.05) is 11.5 Å². The first-order valence-electron chi connectivity index (χ1n) is 7.85. The fraction of sp³-hybridized carbons (Fsp3) is 0.353. The third-order valence-corrected chi connectivity index (χ3v) is 3.85. The Kier molecular flexibility index (Phi) is 4.41. The van der Waals surface area contributed by atoms with Crippen LogP contribution in [0.2, 0.25) is 0 Å². The van der Waals surface area contributed by atoms with Crippen molar-refractivity contribution in [2.45, 2.75) is 32.7 Å².